The van der Waals surface area contributed by atoms with Crippen molar-refractivity contribution in [3.8, 4) is 5.69 Å². The Kier molecular flexibility index (Phi) is 6.55. The minimum absolute atomic E-state index is 0.113. The average molecular weight is 482 g/mol. The minimum atomic E-state index is -0.113. The summed E-state index contributed by atoms with van der Waals surface area (Å²) < 4.78 is 2.88. The van der Waals surface area contributed by atoms with Crippen LogP contribution in [0, 0.1) is 13.8 Å². The van der Waals surface area contributed by atoms with Crippen LogP contribution in [0.2, 0.25) is 0 Å². The van der Waals surface area contributed by atoms with Crippen LogP contribution in [0.3, 0.4) is 0 Å². The van der Waals surface area contributed by atoms with Crippen LogP contribution < -0.4 is 5.32 Å². The molecule has 0 unspecified atom stereocenters. The van der Waals surface area contributed by atoms with Crippen LogP contribution in [0.25, 0.3) is 5.69 Å². The van der Waals surface area contributed by atoms with Crippen LogP contribution in [0.5, 0.6) is 0 Å². The Bertz CT molecular complexity index is 1070. The first-order chi connectivity index (χ1) is 14.9. The van der Waals surface area contributed by atoms with Crippen molar-refractivity contribution < 1.29 is 4.79 Å². The fraction of sp³-hybridized carbons (Fsp3) is 0.333. The van der Waals surface area contributed by atoms with Gasteiger partial charge in [0.25, 0.3) is 5.91 Å². The van der Waals surface area contributed by atoms with Gasteiger partial charge in [0, 0.05) is 44.0 Å². The number of likely N-dealkylation sites (N-methyl/N-ethyl adjacent to an activating group) is 1. The molecule has 0 saturated carbocycles. The van der Waals surface area contributed by atoms with Crippen molar-refractivity contribution in [2.45, 2.75) is 20.4 Å². The lowest BCUT2D eigenvalue weighted by molar-refractivity contribution is 0.102. The maximum Gasteiger partial charge on any atom is 0.255 e. The number of halogens is 1. The van der Waals surface area contributed by atoms with E-state index in [1.807, 2.05) is 54.9 Å². The number of amides is 1. The molecule has 0 aliphatic carbocycles. The summed E-state index contributed by atoms with van der Waals surface area (Å²) >= 11 is 3.56. The molecule has 1 saturated heterocycles. The molecule has 1 aromatic heterocycles. The summed E-state index contributed by atoms with van der Waals surface area (Å²) in [4.78, 5) is 17.6. The fourth-order valence-electron chi connectivity index (χ4n) is 3.84. The van der Waals surface area contributed by atoms with Gasteiger partial charge < -0.3 is 10.2 Å². The van der Waals surface area contributed by atoms with E-state index >= 15 is 0 Å². The molecule has 0 bridgehead atoms. The molecule has 1 fully saturated rings. The summed E-state index contributed by atoms with van der Waals surface area (Å²) in [6.45, 7) is 9.23. The lowest BCUT2D eigenvalue weighted by Gasteiger charge is -2.32. The van der Waals surface area contributed by atoms with Crippen LogP contribution in [0.1, 0.15) is 27.3 Å². The quantitative estimate of drug-likeness (QED) is 0.591. The predicted octanol–water partition coefficient (Wildman–Crippen LogP) is 4.25. The third kappa shape index (κ3) is 5.06. The summed E-state index contributed by atoms with van der Waals surface area (Å²) in [7, 11) is 2.16. The molecule has 7 heteroatoms. The largest absolute Gasteiger partial charge is 0.322 e. The third-order valence-electron chi connectivity index (χ3n) is 5.76. The highest BCUT2D eigenvalue weighted by Gasteiger charge is 2.15. The van der Waals surface area contributed by atoms with Gasteiger partial charge in [0.05, 0.1) is 21.5 Å². The zero-order valence-electron chi connectivity index (χ0n) is 18.2. The number of anilines is 1. The van der Waals surface area contributed by atoms with E-state index in [2.05, 4.69) is 55.3 Å². The van der Waals surface area contributed by atoms with E-state index in [0.29, 0.717) is 5.56 Å². The molecule has 1 amide bonds. The van der Waals surface area contributed by atoms with Gasteiger partial charge in [-0.2, -0.15) is 5.10 Å². The number of aryl methyl sites for hydroxylation is 1. The van der Waals surface area contributed by atoms with Crippen molar-refractivity contribution in [1.82, 2.24) is 19.6 Å². The van der Waals surface area contributed by atoms with Crippen molar-refractivity contribution in [2.24, 2.45) is 0 Å². The summed E-state index contributed by atoms with van der Waals surface area (Å²) in [6, 6.07) is 15.6. The molecule has 162 valence electrons. The zero-order valence-corrected chi connectivity index (χ0v) is 19.8. The molecule has 1 aliphatic heterocycles. The average Bonchev–Trinajstić information content (AvgIpc) is 3.03. The van der Waals surface area contributed by atoms with Gasteiger partial charge in [-0.1, -0.05) is 12.1 Å². The van der Waals surface area contributed by atoms with E-state index in [4.69, 9.17) is 0 Å². The number of nitrogens with zero attached hydrogens (tertiary/aromatic N) is 4. The second kappa shape index (κ2) is 9.34. The van der Waals surface area contributed by atoms with Crippen LogP contribution in [0.4, 0.5) is 5.69 Å². The second-order valence-corrected chi connectivity index (χ2v) is 8.97. The first kappa shape index (κ1) is 21.7. The summed E-state index contributed by atoms with van der Waals surface area (Å²) in [5, 5.41) is 7.58. The maximum absolute atomic E-state index is 12.8. The summed E-state index contributed by atoms with van der Waals surface area (Å²) in [6.07, 6.45) is 0. The van der Waals surface area contributed by atoms with Gasteiger partial charge in [-0.05, 0) is 78.8 Å². The molecule has 31 heavy (non-hydrogen) atoms. The van der Waals surface area contributed by atoms with Crippen LogP contribution >= 0.6 is 15.9 Å². The van der Waals surface area contributed by atoms with Gasteiger partial charge in [-0.3, -0.25) is 9.69 Å². The number of rotatable bonds is 5. The number of hydrogen-bond donors (Lipinski definition) is 1. The number of nitrogens with one attached hydrogen (secondary N) is 1. The second-order valence-electron chi connectivity index (χ2n) is 8.18. The lowest BCUT2D eigenvalue weighted by atomic mass is 10.1. The van der Waals surface area contributed by atoms with E-state index in [1.54, 1.807) is 0 Å². The van der Waals surface area contributed by atoms with Gasteiger partial charge >= 0.3 is 0 Å². The van der Waals surface area contributed by atoms with E-state index in [1.165, 1.54) is 5.56 Å². The Morgan fingerprint density at radius 1 is 1.06 bits per heavy atom. The van der Waals surface area contributed by atoms with Gasteiger partial charge in [-0.15, -0.1) is 0 Å². The van der Waals surface area contributed by atoms with Gasteiger partial charge in [-0.25, -0.2) is 4.68 Å². The molecule has 1 N–H and O–H groups in total. The molecule has 4 rings (SSSR count). The number of carbonyl (C=O) groups is 1. The molecule has 3 aromatic rings. The van der Waals surface area contributed by atoms with E-state index < -0.39 is 0 Å². The monoisotopic (exact) mass is 481 g/mol. The summed E-state index contributed by atoms with van der Waals surface area (Å²) in [5.41, 5.74) is 5.56. The van der Waals surface area contributed by atoms with Crippen molar-refractivity contribution in [2.75, 3.05) is 38.5 Å². The lowest BCUT2D eigenvalue weighted by Crippen LogP contribution is -2.43. The highest BCUT2D eigenvalue weighted by Crippen LogP contribution is 2.23. The SMILES string of the molecule is Cc1nn(-c2ccc(C(=O)Nc3cccc(CN4CCN(C)CC4)c3)cc2)c(C)c1Br. The Hall–Kier alpha value is -2.48. The van der Waals surface area contributed by atoms with E-state index in [-0.39, 0.29) is 5.91 Å². The van der Waals surface area contributed by atoms with Crippen molar-refractivity contribution >= 4 is 27.5 Å². The topological polar surface area (TPSA) is 53.4 Å². The third-order valence-corrected chi connectivity index (χ3v) is 6.91. The molecular weight excluding hydrogens is 454 g/mol. The van der Waals surface area contributed by atoms with Gasteiger partial charge in [0.15, 0.2) is 0 Å². The smallest absolute Gasteiger partial charge is 0.255 e. The number of benzene rings is 2. The molecule has 2 heterocycles. The van der Waals surface area contributed by atoms with E-state index in [9.17, 15) is 4.79 Å². The maximum atomic E-state index is 12.8. The van der Waals surface area contributed by atoms with Crippen LogP contribution in [-0.4, -0.2) is 58.7 Å². The first-order valence-electron chi connectivity index (χ1n) is 10.5. The molecule has 6 nitrogen and oxygen atoms in total. The van der Waals surface area contributed by atoms with Crippen molar-refractivity contribution in [3.63, 3.8) is 0 Å². The first-order valence-corrected chi connectivity index (χ1v) is 11.3. The molecule has 0 atom stereocenters. The number of carbonyl (C=O) groups excluding carboxylic acids is 1. The molecule has 0 radical (unpaired) electrons. The normalized spacial score (nSPS) is 15.2. The van der Waals surface area contributed by atoms with Gasteiger partial charge in [0.1, 0.15) is 0 Å². The van der Waals surface area contributed by atoms with Crippen LogP contribution in [-0.2, 0) is 6.54 Å². The van der Waals surface area contributed by atoms with Crippen molar-refractivity contribution in [3.05, 3.63) is 75.5 Å². The highest BCUT2D eigenvalue weighted by atomic mass is 79.9. The Morgan fingerprint density at radius 3 is 2.42 bits per heavy atom. The molecule has 2 aromatic carbocycles. The number of hydrogen-bond acceptors (Lipinski definition) is 4. The Morgan fingerprint density at radius 2 is 1.77 bits per heavy atom. The van der Waals surface area contributed by atoms with Gasteiger partial charge in [0.2, 0.25) is 0 Å². The highest BCUT2D eigenvalue weighted by molar-refractivity contribution is 9.10. The molecule has 1 aliphatic rings. The van der Waals surface area contributed by atoms with Crippen molar-refractivity contribution in [1.29, 1.82) is 0 Å². The predicted molar refractivity (Wildman–Crippen MR) is 128 cm³/mol. The molecular formula is C24H28BrN5O. The van der Waals surface area contributed by atoms with E-state index in [0.717, 1.165) is 60.0 Å². The Labute approximate surface area is 192 Å². The fourth-order valence-corrected chi connectivity index (χ4v) is 4.09. The minimum Gasteiger partial charge on any atom is -0.322 e. The Balaban J connectivity index is 1.42. The standard InChI is InChI=1S/C24H28BrN5O/c1-17-23(25)18(2)30(27-17)22-9-7-20(8-10-22)24(31)26-21-6-4-5-19(15-21)16-29-13-11-28(3)12-14-29/h4-10,15H,11-14,16H2,1-3H3,(H,26,31). The number of piperazine rings is 1. The van der Waals surface area contributed by atoms with Crippen LogP contribution in [0.15, 0.2) is 53.0 Å². The zero-order chi connectivity index (χ0) is 22.0. The summed E-state index contributed by atoms with van der Waals surface area (Å²) in [5.74, 6) is -0.113. The number of aromatic nitrogens is 2. The molecule has 0 spiro atoms.